The lowest BCUT2D eigenvalue weighted by Gasteiger charge is -2.21. The second-order valence-electron chi connectivity index (χ2n) is 2.59. The number of likely N-dealkylation sites (N-methyl/N-ethyl adjacent to an activating group) is 1. The number of hydrogen-bond donors (Lipinski definition) is 4. The molecule has 0 fully saturated rings. The quantitative estimate of drug-likeness (QED) is 0.406. The van der Waals surface area contributed by atoms with Gasteiger partial charge >= 0.3 is 0 Å². The Morgan fingerprint density at radius 3 is 2.09 bits per heavy atom. The summed E-state index contributed by atoms with van der Waals surface area (Å²) in [4.78, 5) is 0. The molecule has 0 rings (SSSR count). The van der Waals surface area contributed by atoms with E-state index in [0.717, 1.165) is 0 Å². The van der Waals surface area contributed by atoms with Gasteiger partial charge in [-0.25, -0.2) is 0 Å². The van der Waals surface area contributed by atoms with E-state index in [-0.39, 0.29) is 6.54 Å². The summed E-state index contributed by atoms with van der Waals surface area (Å²) in [6.45, 7) is 2.04. The zero-order valence-electron chi connectivity index (χ0n) is 6.99. The topological polar surface area (TPSA) is 72.7 Å². The smallest absolute Gasteiger partial charge is 0.107 e. The minimum absolute atomic E-state index is 0.290. The van der Waals surface area contributed by atoms with E-state index in [0.29, 0.717) is 6.42 Å². The van der Waals surface area contributed by atoms with Gasteiger partial charge in [-0.2, -0.15) is 0 Å². The van der Waals surface area contributed by atoms with Crippen LogP contribution in [0.15, 0.2) is 0 Å². The first-order valence-corrected chi connectivity index (χ1v) is 3.82. The first-order valence-electron chi connectivity index (χ1n) is 3.82. The lowest BCUT2D eigenvalue weighted by molar-refractivity contribution is -0.0580. The monoisotopic (exact) mass is 163 g/mol. The van der Waals surface area contributed by atoms with Crippen molar-refractivity contribution in [1.29, 1.82) is 0 Å². The van der Waals surface area contributed by atoms with Crippen LogP contribution >= 0.6 is 0 Å². The third-order valence-electron chi connectivity index (χ3n) is 1.62. The summed E-state index contributed by atoms with van der Waals surface area (Å²) >= 11 is 0. The van der Waals surface area contributed by atoms with Gasteiger partial charge in [-0.3, -0.25) is 0 Å². The van der Waals surface area contributed by atoms with Gasteiger partial charge < -0.3 is 20.6 Å². The molecule has 4 nitrogen and oxygen atoms in total. The van der Waals surface area contributed by atoms with Crippen molar-refractivity contribution in [2.24, 2.45) is 0 Å². The molecule has 0 aromatic heterocycles. The Morgan fingerprint density at radius 2 is 1.73 bits per heavy atom. The Bertz CT molecular complexity index is 99.7. The molecule has 11 heavy (non-hydrogen) atoms. The number of nitrogens with one attached hydrogen (secondary N) is 1. The highest BCUT2D eigenvalue weighted by Crippen LogP contribution is 2.02. The number of aliphatic hydroxyl groups is 3. The first-order chi connectivity index (χ1) is 5.13. The zero-order valence-corrected chi connectivity index (χ0v) is 6.99. The van der Waals surface area contributed by atoms with Gasteiger partial charge in [0.05, 0.1) is 12.2 Å². The molecule has 4 N–H and O–H groups in total. The third kappa shape index (κ3) is 3.67. The normalized spacial score (nSPS) is 19.4. The minimum Gasteiger partial charge on any atom is -0.390 e. The van der Waals surface area contributed by atoms with Crippen molar-refractivity contribution in [2.75, 3.05) is 13.6 Å². The van der Waals surface area contributed by atoms with Crippen molar-refractivity contribution in [1.82, 2.24) is 5.32 Å². The standard InChI is InChI=1S/C7H17NO3/c1-3-5(9)7(11)6(10)4-8-2/h5-11H,3-4H2,1-2H3/t5-,6+,7-/m1/s1. The highest BCUT2D eigenvalue weighted by molar-refractivity contribution is 4.75. The average Bonchev–Trinajstić information content (AvgIpc) is 2.02. The van der Waals surface area contributed by atoms with Gasteiger partial charge in [0.15, 0.2) is 0 Å². The molecule has 0 bridgehead atoms. The predicted octanol–water partition coefficient (Wildman–Crippen LogP) is -1.30. The van der Waals surface area contributed by atoms with E-state index in [1.807, 2.05) is 0 Å². The van der Waals surface area contributed by atoms with E-state index >= 15 is 0 Å². The largest absolute Gasteiger partial charge is 0.390 e. The van der Waals surface area contributed by atoms with Crippen LogP contribution in [0.3, 0.4) is 0 Å². The highest BCUT2D eigenvalue weighted by atomic mass is 16.4. The lowest BCUT2D eigenvalue weighted by atomic mass is 10.1. The fraction of sp³-hybridized carbons (Fsp3) is 1.00. The molecule has 0 saturated carbocycles. The molecule has 68 valence electrons. The molecule has 0 aromatic rings. The fourth-order valence-electron chi connectivity index (χ4n) is 0.828. The SMILES string of the molecule is CC[C@@H](O)[C@@H](O)[C@@H](O)CNC. The minimum atomic E-state index is -1.05. The molecule has 0 amide bonds. The molecule has 0 unspecified atom stereocenters. The van der Waals surface area contributed by atoms with Crippen molar-refractivity contribution >= 4 is 0 Å². The molecule has 3 atom stereocenters. The molecule has 0 saturated heterocycles. The van der Waals surface area contributed by atoms with Gasteiger partial charge in [-0.05, 0) is 13.5 Å². The van der Waals surface area contributed by atoms with Crippen LogP contribution in [0.5, 0.6) is 0 Å². The molecule has 4 heteroatoms. The summed E-state index contributed by atoms with van der Waals surface area (Å²) in [7, 11) is 1.67. The molecule has 0 spiro atoms. The summed E-state index contributed by atoms with van der Waals surface area (Å²) < 4.78 is 0. The van der Waals surface area contributed by atoms with Crippen LogP contribution < -0.4 is 5.32 Å². The van der Waals surface area contributed by atoms with Crippen molar-refractivity contribution in [2.45, 2.75) is 31.7 Å². The second kappa shape index (κ2) is 5.49. The van der Waals surface area contributed by atoms with E-state index in [1.165, 1.54) is 0 Å². The van der Waals surface area contributed by atoms with Gasteiger partial charge in [-0.1, -0.05) is 6.92 Å². The molecular weight excluding hydrogens is 146 g/mol. The Kier molecular flexibility index (Phi) is 5.41. The van der Waals surface area contributed by atoms with E-state index in [1.54, 1.807) is 14.0 Å². The predicted molar refractivity (Wildman–Crippen MR) is 42.2 cm³/mol. The van der Waals surface area contributed by atoms with E-state index in [4.69, 9.17) is 10.2 Å². The summed E-state index contributed by atoms with van der Waals surface area (Å²) in [5, 5.41) is 30.1. The van der Waals surface area contributed by atoms with Crippen molar-refractivity contribution < 1.29 is 15.3 Å². The van der Waals surface area contributed by atoms with Crippen molar-refractivity contribution in [3.63, 3.8) is 0 Å². The maximum Gasteiger partial charge on any atom is 0.107 e. The summed E-state index contributed by atoms with van der Waals surface area (Å²) in [6.07, 6.45) is -2.33. The van der Waals surface area contributed by atoms with Crippen LogP contribution in [0.4, 0.5) is 0 Å². The van der Waals surface area contributed by atoms with Gasteiger partial charge in [0, 0.05) is 6.54 Å². The van der Waals surface area contributed by atoms with Gasteiger partial charge in [0.2, 0.25) is 0 Å². The molecule has 0 aliphatic rings. The van der Waals surface area contributed by atoms with Gasteiger partial charge in [0.1, 0.15) is 6.10 Å². The molecule has 0 heterocycles. The highest BCUT2D eigenvalue weighted by Gasteiger charge is 2.21. The number of rotatable bonds is 5. The van der Waals surface area contributed by atoms with Crippen LogP contribution in [0.1, 0.15) is 13.3 Å². The zero-order chi connectivity index (χ0) is 8.85. The van der Waals surface area contributed by atoms with Crippen LogP contribution in [0, 0.1) is 0 Å². The third-order valence-corrected chi connectivity index (χ3v) is 1.62. The van der Waals surface area contributed by atoms with E-state index in [9.17, 15) is 5.11 Å². The average molecular weight is 163 g/mol. The summed E-state index contributed by atoms with van der Waals surface area (Å²) in [5.41, 5.74) is 0. The van der Waals surface area contributed by atoms with Crippen molar-refractivity contribution in [3.8, 4) is 0 Å². The summed E-state index contributed by atoms with van der Waals surface area (Å²) in [5.74, 6) is 0. The molecule has 0 radical (unpaired) electrons. The molecule has 0 aliphatic carbocycles. The maximum absolute atomic E-state index is 9.18. The Morgan fingerprint density at radius 1 is 1.18 bits per heavy atom. The Balaban J connectivity index is 3.70. The molecule has 0 aliphatic heterocycles. The van der Waals surface area contributed by atoms with Crippen LogP contribution in [0.25, 0.3) is 0 Å². The first kappa shape index (κ1) is 10.8. The van der Waals surface area contributed by atoms with Crippen LogP contribution in [-0.2, 0) is 0 Å². The van der Waals surface area contributed by atoms with Gasteiger partial charge in [0.25, 0.3) is 0 Å². The fourth-order valence-corrected chi connectivity index (χ4v) is 0.828. The Hall–Kier alpha value is -0.160. The van der Waals surface area contributed by atoms with E-state index < -0.39 is 18.3 Å². The van der Waals surface area contributed by atoms with Crippen LogP contribution in [0.2, 0.25) is 0 Å². The summed E-state index contributed by atoms with van der Waals surface area (Å²) in [6, 6.07) is 0. The van der Waals surface area contributed by atoms with Gasteiger partial charge in [-0.15, -0.1) is 0 Å². The number of hydrogen-bond acceptors (Lipinski definition) is 4. The molecular formula is C7H17NO3. The molecule has 0 aromatic carbocycles. The number of aliphatic hydroxyl groups excluding tert-OH is 3. The van der Waals surface area contributed by atoms with Crippen LogP contribution in [-0.4, -0.2) is 47.2 Å². The van der Waals surface area contributed by atoms with Crippen molar-refractivity contribution in [3.05, 3.63) is 0 Å². The Labute approximate surface area is 66.9 Å². The lowest BCUT2D eigenvalue weighted by Crippen LogP contribution is -2.42. The van der Waals surface area contributed by atoms with E-state index in [2.05, 4.69) is 5.32 Å². The second-order valence-corrected chi connectivity index (χ2v) is 2.59. The maximum atomic E-state index is 9.18.